The van der Waals surface area contributed by atoms with Crippen LogP contribution in [0.3, 0.4) is 0 Å². The minimum absolute atomic E-state index is 0.651. The zero-order chi connectivity index (χ0) is 19.6. The van der Waals surface area contributed by atoms with Gasteiger partial charge < -0.3 is 0 Å². The molecule has 0 aliphatic carbocycles. The summed E-state index contributed by atoms with van der Waals surface area (Å²) in [6.07, 6.45) is 4.54. The normalized spacial score (nSPS) is 15.2. The van der Waals surface area contributed by atoms with Crippen LogP contribution in [0.1, 0.15) is 15.6 Å². The number of nitrogens with one attached hydrogen (secondary N) is 1. The molecule has 0 radical (unpaired) electrons. The molecule has 1 aliphatic rings. The van der Waals surface area contributed by atoms with Gasteiger partial charge in [0.2, 0.25) is 0 Å². The molecule has 0 unspecified atom stereocenters. The van der Waals surface area contributed by atoms with E-state index in [1.165, 1.54) is 29.5 Å². The van der Waals surface area contributed by atoms with E-state index >= 15 is 0 Å². The van der Waals surface area contributed by atoms with E-state index in [2.05, 4.69) is 31.1 Å². The second kappa shape index (κ2) is 8.44. The van der Waals surface area contributed by atoms with Crippen LogP contribution in [0.2, 0.25) is 5.02 Å². The topological polar surface area (TPSA) is 57.7 Å². The summed E-state index contributed by atoms with van der Waals surface area (Å²) in [4.78, 5) is 12.9. The first-order chi connectivity index (χ1) is 14.3. The average Bonchev–Trinajstić information content (AvgIpc) is 3.36. The fourth-order valence-corrected chi connectivity index (χ4v) is 5.76. The molecule has 0 atom stereocenters. The molecule has 0 bridgehead atoms. The molecule has 0 saturated carbocycles. The molecule has 5 nitrogen and oxygen atoms in total. The van der Waals surface area contributed by atoms with Crippen molar-refractivity contribution in [2.24, 2.45) is 0 Å². The van der Waals surface area contributed by atoms with Crippen LogP contribution < -0.4 is 0 Å². The first-order valence-corrected chi connectivity index (χ1v) is 11.9. The molecule has 0 amide bonds. The van der Waals surface area contributed by atoms with Gasteiger partial charge in [0.1, 0.15) is 0 Å². The van der Waals surface area contributed by atoms with Crippen molar-refractivity contribution in [2.75, 3.05) is 24.6 Å². The largest absolute Gasteiger partial charge is 0.297 e. The number of nitrogens with zero attached hydrogens (tertiary/aromatic N) is 4. The summed E-state index contributed by atoms with van der Waals surface area (Å²) in [5.41, 5.74) is 3.80. The maximum Gasteiger partial charge on any atom is 0.0987 e. The molecule has 1 fully saturated rings. The third-order valence-electron chi connectivity index (χ3n) is 5.08. The maximum absolute atomic E-state index is 6.34. The van der Waals surface area contributed by atoms with E-state index in [9.17, 15) is 0 Å². The fraction of sp³-hybridized carbons (Fsp3) is 0.286. The Labute approximate surface area is 182 Å². The van der Waals surface area contributed by atoms with E-state index < -0.39 is 0 Å². The molecule has 1 aromatic carbocycles. The quantitative estimate of drug-likeness (QED) is 0.478. The first-order valence-electron chi connectivity index (χ1n) is 9.58. The molecule has 0 spiro atoms. The molecule has 1 N–H and O–H groups in total. The predicted octanol–water partition coefficient (Wildman–Crippen LogP) is 4.87. The van der Waals surface area contributed by atoms with Crippen LogP contribution in [0.25, 0.3) is 22.2 Å². The number of hydrogen-bond acceptors (Lipinski definition) is 6. The molecular formula is C21H20ClN5S2. The molecule has 1 aliphatic heterocycles. The van der Waals surface area contributed by atoms with E-state index in [1.807, 2.05) is 42.2 Å². The molecular weight excluding hydrogens is 422 g/mol. The number of rotatable bonds is 5. The van der Waals surface area contributed by atoms with Gasteiger partial charge in [0.05, 0.1) is 21.2 Å². The monoisotopic (exact) mass is 441 g/mol. The molecule has 148 valence electrons. The molecule has 5 rings (SSSR count). The molecule has 29 heavy (non-hydrogen) atoms. The van der Waals surface area contributed by atoms with E-state index in [-0.39, 0.29) is 0 Å². The lowest BCUT2D eigenvalue weighted by Crippen LogP contribution is -2.31. The van der Waals surface area contributed by atoms with Crippen LogP contribution in [-0.4, -0.2) is 49.7 Å². The Hall–Kier alpha value is -1.93. The highest BCUT2D eigenvalue weighted by molar-refractivity contribution is 7.99. The van der Waals surface area contributed by atoms with Crippen LogP contribution in [0.15, 0.2) is 42.7 Å². The van der Waals surface area contributed by atoms with Gasteiger partial charge in [0, 0.05) is 71.5 Å². The van der Waals surface area contributed by atoms with Gasteiger partial charge in [0.15, 0.2) is 0 Å². The number of thiazole rings is 1. The Balaban J connectivity index is 1.38. The standard InChI is InChI=1S/C21H20ClN5S2/c22-17-2-1-5-23-21(17)14-3-4-18-16(10-14)19(26-25-18)11-20-24-12-15(29-20)13-27-6-8-28-9-7-27/h1-5,10,12H,6-9,11,13H2,(H,25,26). The average molecular weight is 442 g/mol. The summed E-state index contributed by atoms with van der Waals surface area (Å²) in [6, 6.07) is 9.85. The van der Waals surface area contributed by atoms with Gasteiger partial charge in [-0.3, -0.25) is 15.0 Å². The summed E-state index contributed by atoms with van der Waals surface area (Å²) in [6.45, 7) is 3.34. The van der Waals surface area contributed by atoms with Crippen molar-refractivity contribution in [1.29, 1.82) is 0 Å². The van der Waals surface area contributed by atoms with Crippen molar-refractivity contribution in [3.8, 4) is 11.3 Å². The third kappa shape index (κ3) is 4.19. The van der Waals surface area contributed by atoms with Crippen molar-refractivity contribution in [3.63, 3.8) is 0 Å². The highest BCUT2D eigenvalue weighted by Crippen LogP contribution is 2.30. The number of aromatic amines is 1. The lowest BCUT2D eigenvalue weighted by molar-refractivity contribution is 0.297. The second-order valence-electron chi connectivity index (χ2n) is 7.05. The number of benzene rings is 1. The van der Waals surface area contributed by atoms with Gasteiger partial charge in [-0.1, -0.05) is 17.7 Å². The second-order valence-corrected chi connectivity index (χ2v) is 9.89. The smallest absolute Gasteiger partial charge is 0.0987 e. The van der Waals surface area contributed by atoms with E-state index in [0.717, 1.165) is 45.8 Å². The summed E-state index contributed by atoms with van der Waals surface area (Å²) < 4.78 is 0. The summed E-state index contributed by atoms with van der Waals surface area (Å²) in [5, 5.41) is 10.5. The zero-order valence-corrected chi connectivity index (χ0v) is 18.2. The van der Waals surface area contributed by atoms with Gasteiger partial charge >= 0.3 is 0 Å². The number of H-pyrrole nitrogens is 1. The van der Waals surface area contributed by atoms with Crippen molar-refractivity contribution in [1.82, 2.24) is 25.1 Å². The lowest BCUT2D eigenvalue weighted by Gasteiger charge is -2.25. The van der Waals surface area contributed by atoms with Crippen molar-refractivity contribution in [3.05, 3.63) is 63.3 Å². The number of hydrogen-bond donors (Lipinski definition) is 1. The van der Waals surface area contributed by atoms with Crippen LogP contribution in [-0.2, 0) is 13.0 Å². The molecule has 3 aromatic heterocycles. The van der Waals surface area contributed by atoms with Gasteiger partial charge in [-0.05, 0) is 24.3 Å². The van der Waals surface area contributed by atoms with Gasteiger partial charge in [-0.25, -0.2) is 4.98 Å². The number of fused-ring (bicyclic) bond motifs is 1. The van der Waals surface area contributed by atoms with E-state index in [0.29, 0.717) is 5.02 Å². The Kier molecular flexibility index (Phi) is 5.54. The highest BCUT2D eigenvalue weighted by Gasteiger charge is 2.15. The van der Waals surface area contributed by atoms with Crippen LogP contribution in [0.4, 0.5) is 0 Å². The van der Waals surface area contributed by atoms with Gasteiger partial charge in [0.25, 0.3) is 0 Å². The Morgan fingerprint density at radius 2 is 2.03 bits per heavy atom. The Morgan fingerprint density at radius 1 is 1.14 bits per heavy atom. The maximum atomic E-state index is 6.34. The molecule has 1 saturated heterocycles. The van der Waals surface area contributed by atoms with Crippen molar-refractivity contribution < 1.29 is 0 Å². The summed E-state index contributed by atoms with van der Waals surface area (Å²) >= 11 is 10.2. The SMILES string of the molecule is Clc1cccnc1-c1ccc2n[nH]c(Cc3ncc(CN4CCSCC4)s3)c2c1. The Bertz CT molecular complexity index is 1130. The molecule has 4 aromatic rings. The van der Waals surface area contributed by atoms with Gasteiger partial charge in [-0.15, -0.1) is 11.3 Å². The predicted molar refractivity (Wildman–Crippen MR) is 122 cm³/mol. The van der Waals surface area contributed by atoms with E-state index in [1.54, 1.807) is 17.5 Å². The van der Waals surface area contributed by atoms with Crippen LogP contribution >= 0.6 is 34.7 Å². The fourth-order valence-electron chi connectivity index (χ4n) is 3.58. The lowest BCUT2D eigenvalue weighted by atomic mass is 10.1. The zero-order valence-electron chi connectivity index (χ0n) is 15.8. The number of aromatic nitrogens is 4. The van der Waals surface area contributed by atoms with E-state index in [4.69, 9.17) is 11.6 Å². The van der Waals surface area contributed by atoms with Crippen molar-refractivity contribution >= 4 is 45.6 Å². The first kappa shape index (κ1) is 19.1. The third-order valence-corrected chi connectivity index (χ3v) is 7.31. The minimum atomic E-state index is 0.651. The number of thioether (sulfide) groups is 1. The number of halogens is 1. The summed E-state index contributed by atoms with van der Waals surface area (Å²) in [7, 11) is 0. The van der Waals surface area contributed by atoms with Crippen molar-refractivity contribution in [2.45, 2.75) is 13.0 Å². The van der Waals surface area contributed by atoms with Crippen LogP contribution in [0, 0.1) is 0 Å². The summed E-state index contributed by atoms with van der Waals surface area (Å²) in [5.74, 6) is 2.46. The Morgan fingerprint density at radius 3 is 2.90 bits per heavy atom. The minimum Gasteiger partial charge on any atom is -0.297 e. The van der Waals surface area contributed by atoms with Crippen LogP contribution in [0.5, 0.6) is 0 Å². The highest BCUT2D eigenvalue weighted by atomic mass is 35.5. The molecule has 4 heterocycles. The van der Waals surface area contributed by atoms with Gasteiger partial charge in [-0.2, -0.15) is 16.9 Å². The molecule has 8 heteroatoms. The number of pyridine rings is 1.